The maximum absolute atomic E-state index is 12.7. The quantitative estimate of drug-likeness (QED) is 0.578. The Labute approximate surface area is 150 Å². The van der Waals surface area contributed by atoms with Gasteiger partial charge in [0.1, 0.15) is 12.6 Å². The first-order valence-electron chi connectivity index (χ1n) is 8.65. The van der Waals surface area contributed by atoms with Crippen molar-refractivity contribution in [1.29, 1.82) is 0 Å². The number of hydrogen-bond acceptors (Lipinski definition) is 5. The van der Waals surface area contributed by atoms with Crippen LogP contribution in [-0.2, 0) is 25.7 Å². The molecule has 1 atom stereocenters. The van der Waals surface area contributed by atoms with Gasteiger partial charge in [-0.15, -0.1) is 0 Å². The smallest absolute Gasteiger partial charge is 0.255 e. The van der Waals surface area contributed by atoms with Crippen LogP contribution in [0.2, 0.25) is 0 Å². The monoisotopic (exact) mass is 359 g/mol. The number of imide groups is 1. The minimum absolute atomic E-state index is 0.0533. The van der Waals surface area contributed by atoms with Crippen LogP contribution in [0.5, 0.6) is 0 Å². The Morgan fingerprint density at radius 2 is 2.15 bits per heavy atom. The molecule has 0 bridgehead atoms. The average molecular weight is 359 g/mol. The van der Waals surface area contributed by atoms with E-state index in [1.807, 2.05) is 6.92 Å². The molecule has 3 rings (SSSR count). The lowest BCUT2D eigenvalue weighted by Crippen LogP contribution is -2.52. The van der Waals surface area contributed by atoms with E-state index in [2.05, 4.69) is 10.6 Å². The van der Waals surface area contributed by atoms with Gasteiger partial charge in [0.2, 0.25) is 17.7 Å². The van der Waals surface area contributed by atoms with Gasteiger partial charge in [0.25, 0.3) is 5.91 Å². The van der Waals surface area contributed by atoms with Gasteiger partial charge in [-0.05, 0) is 25.0 Å². The fraction of sp³-hybridized carbons (Fsp3) is 0.444. The summed E-state index contributed by atoms with van der Waals surface area (Å²) >= 11 is 0. The van der Waals surface area contributed by atoms with Crippen LogP contribution in [0, 0.1) is 0 Å². The molecule has 1 saturated heterocycles. The van der Waals surface area contributed by atoms with Gasteiger partial charge < -0.3 is 15.0 Å². The maximum Gasteiger partial charge on any atom is 0.255 e. The van der Waals surface area contributed by atoms with Crippen molar-refractivity contribution in [3.63, 3.8) is 0 Å². The van der Waals surface area contributed by atoms with Crippen molar-refractivity contribution in [3.05, 3.63) is 29.3 Å². The van der Waals surface area contributed by atoms with E-state index in [9.17, 15) is 19.2 Å². The molecule has 1 aromatic rings. The van der Waals surface area contributed by atoms with Crippen LogP contribution in [0.15, 0.2) is 18.2 Å². The molecule has 2 N–H and O–H groups in total. The van der Waals surface area contributed by atoms with Crippen LogP contribution in [-0.4, -0.2) is 47.8 Å². The van der Waals surface area contributed by atoms with E-state index in [0.717, 1.165) is 6.42 Å². The third kappa shape index (κ3) is 3.60. The number of benzene rings is 1. The fourth-order valence-corrected chi connectivity index (χ4v) is 3.20. The summed E-state index contributed by atoms with van der Waals surface area (Å²) in [6.07, 6.45) is 1.33. The Hall–Kier alpha value is -2.74. The molecule has 138 valence electrons. The molecule has 8 nitrogen and oxygen atoms in total. The van der Waals surface area contributed by atoms with Crippen molar-refractivity contribution in [3.8, 4) is 0 Å². The van der Waals surface area contributed by atoms with Crippen molar-refractivity contribution in [2.45, 2.75) is 38.8 Å². The van der Waals surface area contributed by atoms with E-state index in [1.165, 1.54) is 4.90 Å². The summed E-state index contributed by atoms with van der Waals surface area (Å²) in [4.78, 5) is 49.6. The lowest BCUT2D eigenvalue weighted by molar-refractivity contribution is -0.137. The molecule has 0 radical (unpaired) electrons. The first-order valence-corrected chi connectivity index (χ1v) is 8.65. The maximum atomic E-state index is 12.7. The Morgan fingerprint density at radius 3 is 2.88 bits per heavy atom. The normalized spacial score (nSPS) is 19.3. The van der Waals surface area contributed by atoms with Gasteiger partial charge in [0, 0.05) is 36.4 Å². The van der Waals surface area contributed by atoms with Crippen LogP contribution in [0.25, 0.3) is 0 Å². The van der Waals surface area contributed by atoms with Crippen LogP contribution < -0.4 is 10.6 Å². The van der Waals surface area contributed by atoms with E-state index in [1.54, 1.807) is 18.2 Å². The minimum Gasteiger partial charge on any atom is -0.372 e. The number of fused-ring (bicyclic) bond motifs is 1. The number of amides is 4. The molecule has 0 aliphatic carbocycles. The fourth-order valence-electron chi connectivity index (χ4n) is 3.20. The van der Waals surface area contributed by atoms with Gasteiger partial charge in [-0.2, -0.15) is 0 Å². The number of anilines is 1. The molecule has 0 saturated carbocycles. The number of carbonyl (C=O) groups is 4. The zero-order valence-corrected chi connectivity index (χ0v) is 14.5. The average Bonchev–Trinajstić information content (AvgIpc) is 2.93. The number of hydrogen-bond donors (Lipinski definition) is 2. The number of ether oxygens (including phenoxy) is 1. The molecule has 8 heteroatoms. The minimum atomic E-state index is -0.677. The zero-order valence-electron chi connectivity index (χ0n) is 14.5. The molecule has 0 aromatic heterocycles. The summed E-state index contributed by atoms with van der Waals surface area (Å²) < 4.78 is 5.22. The summed E-state index contributed by atoms with van der Waals surface area (Å²) in [7, 11) is 0. The molecule has 26 heavy (non-hydrogen) atoms. The van der Waals surface area contributed by atoms with Crippen molar-refractivity contribution in [1.82, 2.24) is 10.2 Å². The molecule has 1 aromatic carbocycles. The number of nitrogens with one attached hydrogen (secondary N) is 2. The van der Waals surface area contributed by atoms with E-state index in [4.69, 9.17) is 4.74 Å². The van der Waals surface area contributed by atoms with Crippen molar-refractivity contribution < 1.29 is 23.9 Å². The van der Waals surface area contributed by atoms with Crippen molar-refractivity contribution in [2.24, 2.45) is 0 Å². The molecule has 0 spiro atoms. The Kier molecular flexibility index (Phi) is 5.32. The highest BCUT2D eigenvalue weighted by Crippen LogP contribution is 2.32. The summed E-state index contributed by atoms with van der Waals surface area (Å²) in [6, 6.07) is 4.40. The largest absolute Gasteiger partial charge is 0.372 e. The second-order valence-corrected chi connectivity index (χ2v) is 6.33. The van der Waals surface area contributed by atoms with Crippen molar-refractivity contribution in [2.75, 3.05) is 18.5 Å². The molecule has 4 amide bonds. The molecule has 2 heterocycles. The molecular weight excluding hydrogens is 338 g/mol. The molecule has 1 fully saturated rings. The first-order chi connectivity index (χ1) is 12.5. The topological polar surface area (TPSA) is 105 Å². The van der Waals surface area contributed by atoms with Gasteiger partial charge in [0.05, 0.1) is 0 Å². The predicted octanol–water partition coefficient (Wildman–Crippen LogP) is 0.813. The van der Waals surface area contributed by atoms with Crippen LogP contribution in [0.1, 0.15) is 42.1 Å². The van der Waals surface area contributed by atoms with E-state index < -0.39 is 11.9 Å². The summed E-state index contributed by atoms with van der Waals surface area (Å²) in [5.41, 5.74) is 1.67. The van der Waals surface area contributed by atoms with E-state index >= 15 is 0 Å². The Bertz CT molecular complexity index is 761. The molecule has 1 unspecified atom stereocenters. The lowest BCUT2D eigenvalue weighted by Gasteiger charge is -2.29. The van der Waals surface area contributed by atoms with E-state index in [0.29, 0.717) is 29.8 Å². The molecule has 2 aliphatic heterocycles. The highest BCUT2D eigenvalue weighted by atomic mass is 16.5. The molecular formula is C18H21N3O5. The standard InChI is InChI=1S/C18H21N3O5/c1-2-8-26-10-16(23)19-13-5-3-4-11-12(13)9-21(18(11)25)14-6-7-15(22)20-17(14)24/h3-5,14H,2,6-10H2,1H3,(H,19,23)(H,20,22,24). The third-order valence-corrected chi connectivity index (χ3v) is 4.44. The number of carbonyl (C=O) groups excluding carboxylic acids is 4. The second kappa shape index (κ2) is 7.65. The van der Waals surface area contributed by atoms with Crippen LogP contribution in [0.3, 0.4) is 0 Å². The van der Waals surface area contributed by atoms with Crippen LogP contribution >= 0.6 is 0 Å². The lowest BCUT2D eigenvalue weighted by atomic mass is 10.0. The highest BCUT2D eigenvalue weighted by Gasteiger charge is 2.39. The highest BCUT2D eigenvalue weighted by molar-refractivity contribution is 6.06. The van der Waals surface area contributed by atoms with Crippen molar-refractivity contribution >= 4 is 29.3 Å². The third-order valence-electron chi connectivity index (χ3n) is 4.44. The Morgan fingerprint density at radius 1 is 1.35 bits per heavy atom. The zero-order chi connectivity index (χ0) is 18.7. The van der Waals surface area contributed by atoms with Gasteiger partial charge in [-0.25, -0.2) is 0 Å². The second-order valence-electron chi connectivity index (χ2n) is 6.33. The number of rotatable bonds is 6. The van der Waals surface area contributed by atoms with Gasteiger partial charge in [-0.3, -0.25) is 24.5 Å². The van der Waals surface area contributed by atoms with Gasteiger partial charge in [0.15, 0.2) is 0 Å². The number of piperidine rings is 1. The Balaban J connectivity index is 1.74. The SMILES string of the molecule is CCCOCC(=O)Nc1cccc2c1CN(C1CCC(=O)NC1=O)C2=O. The van der Waals surface area contributed by atoms with E-state index in [-0.39, 0.29) is 37.3 Å². The first kappa shape index (κ1) is 18.1. The summed E-state index contributed by atoms with van der Waals surface area (Å²) in [6.45, 7) is 2.62. The summed E-state index contributed by atoms with van der Waals surface area (Å²) in [5.74, 6) is -1.34. The summed E-state index contributed by atoms with van der Waals surface area (Å²) in [5, 5.41) is 5.04. The predicted molar refractivity (Wildman–Crippen MR) is 92.2 cm³/mol. The van der Waals surface area contributed by atoms with Gasteiger partial charge >= 0.3 is 0 Å². The van der Waals surface area contributed by atoms with Gasteiger partial charge in [-0.1, -0.05) is 13.0 Å². The molecule has 2 aliphatic rings. The van der Waals surface area contributed by atoms with Crippen LogP contribution in [0.4, 0.5) is 5.69 Å². The number of nitrogens with zero attached hydrogens (tertiary/aromatic N) is 1.